The van der Waals surface area contributed by atoms with Crippen molar-refractivity contribution in [1.29, 1.82) is 0 Å². The lowest BCUT2D eigenvalue weighted by Gasteiger charge is -2.16. The molecule has 0 fully saturated rings. The summed E-state index contributed by atoms with van der Waals surface area (Å²) < 4.78 is 0. The molecule has 0 unspecified atom stereocenters. The average Bonchev–Trinajstić information content (AvgIpc) is 2.36. The molecular weight excluding hydrogens is 228 g/mol. The third-order valence-corrected chi connectivity index (χ3v) is 3.32. The van der Waals surface area contributed by atoms with E-state index in [2.05, 4.69) is 0 Å². The van der Waals surface area contributed by atoms with Crippen LogP contribution >= 0.6 is 0 Å². The minimum atomic E-state index is -0.456. The summed E-state index contributed by atoms with van der Waals surface area (Å²) in [6.07, 6.45) is 0. The molecule has 2 rings (SSSR count). The summed E-state index contributed by atoms with van der Waals surface area (Å²) in [7, 11) is 0. The van der Waals surface area contributed by atoms with E-state index in [1.807, 2.05) is 31.2 Å². The SMILES string of the molecule is Cc1ccccc1-c1c(C)c(O)c(O)c(O)c1C. The van der Waals surface area contributed by atoms with Gasteiger partial charge in [-0.3, -0.25) is 0 Å². The van der Waals surface area contributed by atoms with E-state index in [1.54, 1.807) is 13.8 Å². The van der Waals surface area contributed by atoms with Gasteiger partial charge < -0.3 is 15.3 Å². The van der Waals surface area contributed by atoms with Gasteiger partial charge in [-0.05, 0) is 37.5 Å². The first-order valence-corrected chi connectivity index (χ1v) is 5.75. The molecule has 94 valence electrons. The Bertz CT molecular complexity index is 586. The van der Waals surface area contributed by atoms with Gasteiger partial charge in [0.15, 0.2) is 11.5 Å². The topological polar surface area (TPSA) is 60.7 Å². The van der Waals surface area contributed by atoms with Crippen LogP contribution < -0.4 is 0 Å². The Morgan fingerprint density at radius 3 is 1.72 bits per heavy atom. The van der Waals surface area contributed by atoms with Gasteiger partial charge in [-0.15, -0.1) is 0 Å². The monoisotopic (exact) mass is 244 g/mol. The van der Waals surface area contributed by atoms with Crippen molar-refractivity contribution in [3.05, 3.63) is 41.0 Å². The van der Waals surface area contributed by atoms with Gasteiger partial charge >= 0.3 is 0 Å². The van der Waals surface area contributed by atoms with Gasteiger partial charge in [0.2, 0.25) is 5.75 Å². The molecule has 2 aromatic rings. The van der Waals surface area contributed by atoms with E-state index >= 15 is 0 Å². The quantitative estimate of drug-likeness (QED) is 0.674. The highest BCUT2D eigenvalue weighted by atomic mass is 16.3. The summed E-state index contributed by atoms with van der Waals surface area (Å²) >= 11 is 0. The van der Waals surface area contributed by atoms with E-state index in [4.69, 9.17) is 0 Å². The lowest BCUT2D eigenvalue weighted by molar-refractivity contribution is 0.364. The Kier molecular flexibility index (Phi) is 2.91. The molecule has 0 radical (unpaired) electrons. The minimum absolute atomic E-state index is 0.267. The van der Waals surface area contributed by atoms with Crippen molar-refractivity contribution < 1.29 is 15.3 Å². The number of hydrogen-bond donors (Lipinski definition) is 3. The van der Waals surface area contributed by atoms with Crippen LogP contribution in [-0.4, -0.2) is 15.3 Å². The summed E-state index contributed by atoms with van der Waals surface area (Å²) in [5.41, 5.74) is 3.89. The number of aryl methyl sites for hydroxylation is 1. The number of aromatic hydroxyl groups is 3. The molecule has 0 aliphatic heterocycles. The first-order chi connectivity index (χ1) is 8.45. The fourth-order valence-corrected chi connectivity index (χ4v) is 2.24. The minimum Gasteiger partial charge on any atom is -0.504 e. The zero-order valence-electron chi connectivity index (χ0n) is 10.7. The van der Waals surface area contributed by atoms with Crippen LogP contribution in [0.25, 0.3) is 11.1 Å². The van der Waals surface area contributed by atoms with E-state index in [9.17, 15) is 15.3 Å². The predicted molar refractivity (Wildman–Crippen MR) is 71.1 cm³/mol. The Labute approximate surface area is 106 Å². The molecule has 3 N–H and O–H groups in total. The van der Waals surface area contributed by atoms with Crippen LogP contribution in [0.1, 0.15) is 16.7 Å². The molecule has 3 heteroatoms. The smallest absolute Gasteiger partial charge is 0.200 e. The largest absolute Gasteiger partial charge is 0.504 e. The van der Waals surface area contributed by atoms with Gasteiger partial charge in [-0.25, -0.2) is 0 Å². The average molecular weight is 244 g/mol. The second-order valence-corrected chi connectivity index (χ2v) is 4.49. The Hall–Kier alpha value is -2.16. The third kappa shape index (κ3) is 1.68. The van der Waals surface area contributed by atoms with Gasteiger partial charge in [0, 0.05) is 11.1 Å². The van der Waals surface area contributed by atoms with E-state index in [0.717, 1.165) is 16.7 Å². The molecule has 3 nitrogen and oxygen atoms in total. The number of hydrogen-bond acceptors (Lipinski definition) is 3. The van der Waals surface area contributed by atoms with E-state index in [0.29, 0.717) is 11.1 Å². The van der Waals surface area contributed by atoms with Crippen LogP contribution in [0.5, 0.6) is 17.2 Å². The summed E-state index contributed by atoms with van der Waals surface area (Å²) in [5.74, 6) is -0.991. The molecule has 0 spiro atoms. The summed E-state index contributed by atoms with van der Waals surface area (Å²) in [6, 6.07) is 7.74. The summed E-state index contributed by atoms with van der Waals surface area (Å²) in [5, 5.41) is 29.3. The van der Waals surface area contributed by atoms with Gasteiger partial charge in [-0.1, -0.05) is 24.3 Å². The maximum atomic E-state index is 9.83. The van der Waals surface area contributed by atoms with Gasteiger partial charge in [0.1, 0.15) is 0 Å². The van der Waals surface area contributed by atoms with Crippen LogP contribution in [0.4, 0.5) is 0 Å². The zero-order valence-corrected chi connectivity index (χ0v) is 10.7. The molecule has 0 amide bonds. The summed E-state index contributed by atoms with van der Waals surface area (Å²) in [4.78, 5) is 0. The number of phenolic OH excluding ortho intramolecular Hbond substituents is 3. The second-order valence-electron chi connectivity index (χ2n) is 4.49. The molecule has 0 heterocycles. The highest BCUT2D eigenvalue weighted by molar-refractivity contribution is 5.80. The molecule has 2 aromatic carbocycles. The lowest BCUT2D eigenvalue weighted by atomic mass is 9.91. The maximum absolute atomic E-state index is 9.83. The zero-order chi connectivity index (χ0) is 13.4. The van der Waals surface area contributed by atoms with Crippen molar-refractivity contribution in [1.82, 2.24) is 0 Å². The van der Waals surface area contributed by atoms with Crippen molar-refractivity contribution in [3.63, 3.8) is 0 Å². The van der Waals surface area contributed by atoms with Crippen LogP contribution in [0.15, 0.2) is 24.3 Å². The van der Waals surface area contributed by atoms with Crippen LogP contribution in [0.2, 0.25) is 0 Å². The highest BCUT2D eigenvalue weighted by Crippen LogP contribution is 2.46. The van der Waals surface area contributed by atoms with E-state index in [-0.39, 0.29) is 11.5 Å². The normalized spacial score (nSPS) is 10.6. The molecule has 0 saturated heterocycles. The second kappa shape index (κ2) is 4.26. The van der Waals surface area contributed by atoms with Crippen LogP contribution in [0, 0.1) is 20.8 Å². The summed E-state index contributed by atoms with van der Waals surface area (Å²) in [6.45, 7) is 5.42. The van der Waals surface area contributed by atoms with Crippen molar-refractivity contribution in [3.8, 4) is 28.4 Å². The first kappa shape index (κ1) is 12.3. The van der Waals surface area contributed by atoms with E-state index < -0.39 is 5.75 Å². The molecular formula is C15H16O3. The molecule has 18 heavy (non-hydrogen) atoms. The lowest BCUT2D eigenvalue weighted by Crippen LogP contribution is -1.93. The van der Waals surface area contributed by atoms with Gasteiger partial charge in [-0.2, -0.15) is 0 Å². The molecule has 0 aromatic heterocycles. The maximum Gasteiger partial charge on any atom is 0.200 e. The van der Waals surface area contributed by atoms with Crippen molar-refractivity contribution in [2.45, 2.75) is 20.8 Å². The Morgan fingerprint density at radius 2 is 1.22 bits per heavy atom. The predicted octanol–water partition coefficient (Wildman–Crippen LogP) is 3.40. The number of benzene rings is 2. The first-order valence-electron chi connectivity index (χ1n) is 5.75. The van der Waals surface area contributed by atoms with Crippen molar-refractivity contribution >= 4 is 0 Å². The Balaban J connectivity index is 2.85. The fraction of sp³-hybridized carbons (Fsp3) is 0.200. The molecule has 0 bridgehead atoms. The van der Waals surface area contributed by atoms with Crippen LogP contribution in [0.3, 0.4) is 0 Å². The highest BCUT2D eigenvalue weighted by Gasteiger charge is 2.19. The standard InChI is InChI=1S/C15H16O3/c1-8-6-4-5-7-11(8)12-9(2)13(16)15(18)14(17)10(12)3/h4-7,16-18H,1-3H3. The number of rotatable bonds is 1. The molecule has 0 saturated carbocycles. The fourth-order valence-electron chi connectivity index (χ4n) is 2.24. The van der Waals surface area contributed by atoms with Crippen LogP contribution in [-0.2, 0) is 0 Å². The molecule has 0 aliphatic carbocycles. The van der Waals surface area contributed by atoms with Gasteiger partial charge in [0.25, 0.3) is 0 Å². The number of phenols is 3. The van der Waals surface area contributed by atoms with E-state index in [1.165, 1.54) is 0 Å². The van der Waals surface area contributed by atoms with Gasteiger partial charge in [0.05, 0.1) is 0 Å². The van der Waals surface area contributed by atoms with Crippen molar-refractivity contribution in [2.24, 2.45) is 0 Å². The Morgan fingerprint density at radius 1 is 0.722 bits per heavy atom. The third-order valence-electron chi connectivity index (χ3n) is 3.32. The van der Waals surface area contributed by atoms with Crippen molar-refractivity contribution in [2.75, 3.05) is 0 Å². The molecule has 0 aliphatic rings. The molecule has 0 atom stereocenters.